The van der Waals surface area contributed by atoms with Crippen LogP contribution in [0.25, 0.3) is 0 Å². The molecular formula is C10H18O6. The fraction of sp³-hybridized carbons (Fsp3) is 0.700. The summed E-state index contributed by atoms with van der Waals surface area (Å²) in [5.41, 5.74) is 0. The maximum atomic E-state index is 10.8. The number of carbonyl (C=O) groups is 1. The number of hydrogen-bond acceptors (Lipinski definition) is 6. The minimum absolute atomic E-state index is 0.0162. The van der Waals surface area contributed by atoms with Gasteiger partial charge in [0.25, 0.3) is 0 Å². The van der Waals surface area contributed by atoms with Gasteiger partial charge in [-0.15, -0.1) is 0 Å². The van der Waals surface area contributed by atoms with Crippen molar-refractivity contribution in [1.29, 1.82) is 0 Å². The highest BCUT2D eigenvalue weighted by atomic mass is 16.7. The fourth-order valence-corrected chi connectivity index (χ4v) is 0.792. The molecule has 0 heterocycles. The Morgan fingerprint density at radius 2 is 2.06 bits per heavy atom. The van der Waals surface area contributed by atoms with Gasteiger partial charge in [-0.2, -0.15) is 0 Å². The quantitative estimate of drug-likeness (QED) is 0.242. The Kier molecular flexibility index (Phi) is 9.94. The van der Waals surface area contributed by atoms with Gasteiger partial charge in [-0.05, 0) is 0 Å². The van der Waals surface area contributed by atoms with Crippen molar-refractivity contribution in [2.75, 3.05) is 40.1 Å². The van der Waals surface area contributed by atoms with Gasteiger partial charge in [-0.25, -0.2) is 4.79 Å². The van der Waals surface area contributed by atoms with E-state index in [9.17, 15) is 4.79 Å². The predicted molar refractivity (Wildman–Crippen MR) is 55.8 cm³/mol. The van der Waals surface area contributed by atoms with Gasteiger partial charge in [0, 0.05) is 13.2 Å². The molecule has 0 saturated heterocycles. The van der Waals surface area contributed by atoms with E-state index in [0.717, 1.165) is 6.08 Å². The second-order valence-electron chi connectivity index (χ2n) is 2.72. The van der Waals surface area contributed by atoms with Crippen molar-refractivity contribution in [3.63, 3.8) is 0 Å². The highest BCUT2D eigenvalue weighted by Crippen LogP contribution is 1.96. The third kappa shape index (κ3) is 8.37. The molecule has 0 aromatic heterocycles. The largest absolute Gasteiger partial charge is 0.430 e. The number of aliphatic hydroxyl groups excluding tert-OH is 1. The molecule has 1 unspecified atom stereocenters. The third-order valence-electron chi connectivity index (χ3n) is 1.54. The van der Waals surface area contributed by atoms with Crippen LogP contribution in [0.3, 0.4) is 0 Å². The normalized spacial score (nSPS) is 12.1. The SMILES string of the molecule is C=CC(=O)OC(COCCOCCO)OC. The number of carbonyl (C=O) groups excluding carboxylic acids is 1. The summed E-state index contributed by atoms with van der Waals surface area (Å²) >= 11 is 0. The zero-order chi connectivity index (χ0) is 12.2. The number of hydrogen-bond donors (Lipinski definition) is 1. The van der Waals surface area contributed by atoms with E-state index in [4.69, 9.17) is 24.1 Å². The molecular weight excluding hydrogens is 216 g/mol. The van der Waals surface area contributed by atoms with E-state index in [2.05, 4.69) is 6.58 Å². The molecule has 0 aliphatic carbocycles. The van der Waals surface area contributed by atoms with E-state index >= 15 is 0 Å². The zero-order valence-electron chi connectivity index (χ0n) is 9.39. The van der Waals surface area contributed by atoms with E-state index in [1.807, 2.05) is 0 Å². The maximum absolute atomic E-state index is 10.8. The van der Waals surface area contributed by atoms with Crippen LogP contribution in [0.5, 0.6) is 0 Å². The summed E-state index contributed by atoms with van der Waals surface area (Å²) in [5, 5.41) is 8.42. The lowest BCUT2D eigenvalue weighted by molar-refractivity contribution is -0.179. The Balaban J connectivity index is 3.47. The van der Waals surface area contributed by atoms with E-state index < -0.39 is 12.3 Å². The van der Waals surface area contributed by atoms with Gasteiger partial charge < -0.3 is 24.1 Å². The summed E-state index contributed by atoms with van der Waals surface area (Å²) in [6, 6.07) is 0. The van der Waals surface area contributed by atoms with E-state index in [1.54, 1.807) is 0 Å². The highest BCUT2D eigenvalue weighted by molar-refractivity contribution is 5.81. The van der Waals surface area contributed by atoms with Gasteiger partial charge in [0.15, 0.2) is 0 Å². The Morgan fingerprint density at radius 3 is 2.62 bits per heavy atom. The minimum Gasteiger partial charge on any atom is -0.430 e. The molecule has 0 aromatic carbocycles. The Hall–Kier alpha value is -0.950. The van der Waals surface area contributed by atoms with Gasteiger partial charge >= 0.3 is 5.97 Å². The standard InChI is InChI=1S/C10H18O6/c1-3-9(12)16-10(13-2)8-15-7-6-14-5-4-11/h3,10-11H,1,4-8H2,2H3. The summed E-state index contributed by atoms with van der Waals surface area (Å²) in [4.78, 5) is 10.8. The lowest BCUT2D eigenvalue weighted by Crippen LogP contribution is -2.25. The van der Waals surface area contributed by atoms with Crippen LogP contribution in [-0.2, 0) is 23.7 Å². The number of methoxy groups -OCH3 is 1. The molecule has 0 fully saturated rings. The highest BCUT2D eigenvalue weighted by Gasteiger charge is 2.10. The van der Waals surface area contributed by atoms with Crippen molar-refractivity contribution in [3.8, 4) is 0 Å². The molecule has 0 amide bonds. The summed E-state index contributed by atoms with van der Waals surface area (Å²) < 4.78 is 19.7. The van der Waals surface area contributed by atoms with Crippen molar-refractivity contribution < 1.29 is 28.8 Å². The number of esters is 1. The Labute approximate surface area is 94.7 Å². The minimum atomic E-state index is -0.747. The van der Waals surface area contributed by atoms with Gasteiger partial charge in [0.2, 0.25) is 6.29 Å². The second-order valence-corrected chi connectivity index (χ2v) is 2.72. The van der Waals surface area contributed by atoms with Crippen LogP contribution in [-0.4, -0.2) is 57.5 Å². The smallest absolute Gasteiger partial charge is 0.332 e. The Bertz CT molecular complexity index is 194. The summed E-state index contributed by atoms with van der Waals surface area (Å²) in [7, 11) is 1.41. The summed E-state index contributed by atoms with van der Waals surface area (Å²) in [6.07, 6.45) is 0.305. The van der Waals surface area contributed by atoms with Gasteiger partial charge in [0.05, 0.1) is 26.4 Å². The molecule has 6 nitrogen and oxygen atoms in total. The Morgan fingerprint density at radius 1 is 1.38 bits per heavy atom. The molecule has 6 heteroatoms. The van der Waals surface area contributed by atoms with Crippen molar-refractivity contribution in [3.05, 3.63) is 12.7 Å². The lowest BCUT2D eigenvalue weighted by atomic mass is 10.6. The average molecular weight is 234 g/mol. The molecule has 94 valence electrons. The van der Waals surface area contributed by atoms with Crippen LogP contribution in [0.4, 0.5) is 0 Å². The summed E-state index contributed by atoms with van der Waals surface area (Å²) in [5.74, 6) is -0.563. The first-order chi connectivity index (χ1) is 7.74. The summed E-state index contributed by atoms with van der Waals surface area (Å²) in [6.45, 7) is 4.36. The monoisotopic (exact) mass is 234 g/mol. The molecule has 0 bridgehead atoms. The first-order valence-corrected chi connectivity index (χ1v) is 4.86. The van der Waals surface area contributed by atoms with Crippen LogP contribution < -0.4 is 0 Å². The van der Waals surface area contributed by atoms with Crippen molar-refractivity contribution in [2.24, 2.45) is 0 Å². The molecule has 0 aromatic rings. The van der Waals surface area contributed by atoms with Crippen molar-refractivity contribution >= 4 is 5.97 Å². The zero-order valence-corrected chi connectivity index (χ0v) is 9.39. The predicted octanol–water partition coefficient (Wildman–Crippen LogP) is -0.286. The first kappa shape index (κ1) is 15.0. The first-order valence-electron chi connectivity index (χ1n) is 4.86. The molecule has 0 spiro atoms. The van der Waals surface area contributed by atoms with E-state index in [-0.39, 0.29) is 19.8 Å². The number of ether oxygens (including phenoxy) is 4. The number of aliphatic hydroxyl groups is 1. The molecule has 0 rings (SSSR count). The molecule has 1 N–H and O–H groups in total. The van der Waals surface area contributed by atoms with Crippen molar-refractivity contribution in [2.45, 2.75) is 6.29 Å². The molecule has 16 heavy (non-hydrogen) atoms. The van der Waals surface area contributed by atoms with Crippen LogP contribution in [0.1, 0.15) is 0 Å². The maximum Gasteiger partial charge on any atom is 0.332 e. The van der Waals surface area contributed by atoms with E-state index in [1.165, 1.54) is 7.11 Å². The topological polar surface area (TPSA) is 74.2 Å². The van der Waals surface area contributed by atoms with E-state index in [0.29, 0.717) is 13.2 Å². The van der Waals surface area contributed by atoms with Crippen molar-refractivity contribution in [1.82, 2.24) is 0 Å². The van der Waals surface area contributed by atoms with Crippen LogP contribution in [0.2, 0.25) is 0 Å². The number of rotatable bonds is 10. The lowest BCUT2D eigenvalue weighted by Gasteiger charge is -2.15. The van der Waals surface area contributed by atoms with Gasteiger partial charge in [-0.3, -0.25) is 0 Å². The fourth-order valence-electron chi connectivity index (χ4n) is 0.792. The molecule has 0 aliphatic heterocycles. The molecule has 0 aliphatic rings. The van der Waals surface area contributed by atoms with Gasteiger partial charge in [-0.1, -0.05) is 6.58 Å². The molecule has 1 atom stereocenters. The molecule has 0 saturated carbocycles. The van der Waals surface area contributed by atoms with Crippen LogP contribution in [0.15, 0.2) is 12.7 Å². The van der Waals surface area contributed by atoms with Gasteiger partial charge in [0.1, 0.15) is 6.61 Å². The van der Waals surface area contributed by atoms with Crippen LogP contribution in [0, 0.1) is 0 Å². The molecule has 0 radical (unpaired) electrons. The average Bonchev–Trinajstić information content (AvgIpc) is 2.31. The third-order valence-corrected chi connectivity index (χ3v) is 1.54. The van der Waals surface area contributed by atoms with Crippen LogP contribution >= 0.6 is 0 Å². The second kappa shape index (κ2) is 10.6.